The first-order chi connectivity index (χ1) is 11.5. The molecule has 2 N–H and O–H groups in total. The van der Waals surface area contributed by atoms with Crippen molar-refractivity contribution in [3.8, 4) is 5.75 Å². The van der Waals surface area contributed by atoms with Crippen LogP contribution in [-0.4, -0.2) is 23.0 Å². The van der Waals surface area contributed by atoms with E-state index in [1.54, 1.807) is 18.3 Å². The number of nitrogens with one attached hydrogen (secondary N) is 2. The number of amides is 1. The van der Waals surface area contributed by atoms with E-state index in [4.69, 9.17) is 4.74 Å². The third kappa shape index (κ3) is 4.98. The number of anilines is 2. The lowest BCUT2D eigenvalue weighted by atomic mass is 10.2. The predicted molar refractivity (Wildman–Crippen MR) is 96.9 cm³/mol. The molecule has 1 amide bonds. The molecule has 0 aliphatic heterocycles. The number of ether oxygens (including phenoxy) is 1. The number of benzene rings is 1. The van der Waals surface area contributed by atoms with E-state index < -0.39 is 0 Å². The SMILES string of the molecule is CCC(C)NC(=O)c1ccnc(Nc2ccccc2OC(C)C)c1. The second kappa shape index (κ2) is 8.34. The minimum atomic E-state index is -0.0958. The maximum Gasteiger partial charge on any atom is 0.251 e. The molecule has 0 aliphatic carbocycles. The molecule has 0 radical (unpaired) electrons. The number of pyridine rings is 1. The molecule has 0 bridgehead atoms. The largest absolute Gasteiger partial charge is 0.489 e. The fourth-order valence-corrected chi connectivity index (χ4v) is 2.11. The van der Waals surface area contributed by atoms with Crippen molar-refractivity contribution in [2.75, 3.05) is 5.32 Å². The van der Waals surface area contributed by atoms with Crippen LogP contribution in [-0.2, 0) is 0 Å². The molecule has 1 heterocycles. The van der Waals surface area contributed by atoms with Gasteiger partial charge in [-0.2, -0.15) is 0 Å². The number of carbonyl (C=O) groups is 1. The number of hydrogen-bond acceptors (Lipinski definition) is 4. The van der Waals surface area contributed by atoms with Crippen LogP contribution in [0.15, 0.2) is 42.6 Å². The lowest BCUT2D eigenvalue weighted by Gasteiger charge is -2.15. The van der Waals surface area contributed by atoms with Gasteiger partial charge in [0.25, 0.3) is 5.91 Å². The zero-order chi connectivity index (χ0) is 17.5. The van der Waals surface area contributed by atoms with Gasteiger partial charge in [-0.15, -0.1) is 0 Å². The van der Waals surface area contributed by atoms with Crippen molar-refractivity contribution in [3.05, 3.63) is 48.2 Å². The minimum absolute atomic E-state index is 0.0774. The van der Waals surface area contributed by atoms with Gasteiger partial charge in [-0.3, -0.25) is 4.79 Å². The third-order valence-electron chi connectivity index (χ3n) is 3.52. The standard InChI is InChI=1S/C19H25N3O2/c1-5-14(4)21-19(23)15-10-11-20-18(12-15)22-16-8-6-7-9-17(16)24-13(2)3/h6-14H,5H2,1-4H3,(H,20,22)(H,21,23). The molecule has 1 aromatic heterocycles. The Morgan fingerprint density at radius 3 is 2.67 bits per heavy atom. The van der Waals surface area contributed by atoms with Crippen molar-refractivity contribution in [1.82, 2.24) is 10.3 Å². The van der Waals surface area contributed by atoms with E-state index in [-0.39, 0.29) is 18.1 Å². The number of hydrogen-bond donors (Lipinski definition) is 2. The Morgan fingerprint density at radius 2 is 1.96 bits per heavy atom. The predicted octanol–water partition coefficient (Wildman–Crippen LogP) is 4.14. The highest BCUT2D eigenvalue weighted by molar-refractivity contribution is 5.95. The molecule has 1 atom stereocenters. The lowest BCUT2D eigenvalue weighted by molar-refractivity contribution is 0.0939. The van der Waals surface area contributed by atoms with E-state index in [2.05, 4.69) is 15.6 Å². The summed E-state index contributed by atoms with van der Waals surface area (Å²) in [5, 5.41) is 6.18. The van der Waals surface area contributed by atoms with Crippen LogP contribution in [0.3, 0.4) is 0 Å². The third-order valence-corrected chi connectivity index (χ3v) is 3.52. The summed E-state index contributed by atoms with van der Waals surface area (Å²) in [5.41, 5.74) is 1.40. The van der Waals surface area contributed by atoms with Crippen LogP contribution in [0.2, 0.25) is 0 Å². The topological polar surface area (TPSA) is 63.2 Å². The zero-order valence-electron chi connectivity index (χ0n) is 14.7. The number of carbonyl (C=O) groups excluding carboxylic acids is 1. The summed E-state index contributed by atoms with van der Waals surface area (Å²) in [6.07, 6.45) is 2.59. The van der Waals surface area contributed by atoms with Crippen LogP contribution in [0.1, 0.15) is 44.5 Å². The summed E-state index contributed by atoms with van der Waals surface area (Å²) in [7, 11) is 0. The van der Waals surface area contributed by atoms with Gasteiger partial charge in [-0.1, -0.05) is 19.1 Å². The van der Waals surface area contributed by atoms with Crippen LogP contribution in [0.25, 0.3) is 0 Å². The average Bonchev–Trinajstić information content (AvgIpc) is 2.56. The summed E-state index contributed by atoms with van der Waals surface area (Å²) in [5.74, 6) is 1.26. The summed E-state index contributed by atoms with van der Waals surface area (Å²) in [6, 6.07) is 11.3. The molecule has 24 heavy (non-hydrogen) atoms. The normalized spacial score (nSPS) is 11.9. The van der Waals surface area contributed by atoms with E-state index in [1.165, 1.54) is 0 Å². The molecule has 1 aromatic carbocycles. The average molecular weight is 327 g/mol. The first kappa shape index (κ1) is 17.8. The molecular weight excluding hydrogens is 302 g/mol. The summed E-state index contributed by atoms with van der Waals surface area (Å²) in [6.45, 7) is 7.98. The molecular formula is C19H25N3O2. The number of rotatable bonds is 7. The molecule has 5 heteroatoms. The molecule has 5 nitrogen and oxygen atoms in total. The highest BCUT2D eigenvalue weighted by atomic mass is 16.5. The van der Waals surface area contributed by atoms with E-state index in [0.29, 0.717) is 11.4 Å². The van der Waals surface area contributed by atoms with Crippen molar-refractivity contribution in [1.29, 1.82) is 0 Å². The van der Waals surface area contributed by atoms with Gasteiger partial charge in [0.2, 0.25) is 0 Å². The van der Waals surface area contributed by atoms with E-state index in [1.807, 2.05) is 52.0 Å². The highest BCUT2D eigenvalue weighted by Crippen LogP contribution is 2.27. The van der Waals surface area contributed by atoms with Crippen molar-refractivity contribution >= 4 is 17.4 Å². The van der Waals surface area contributed by atoms with Gasteiger partial charge in [0.15, 0.2) is 0 Å². The Kier molecular flexibility index (Phi) is 6.18. The van der Waals surface area contributed by atoms with E-state index in [0.717, 1.165) is 17.9 Å². The number of para-hydroxylation sites is 2. The molecule has 128 valence electrons. The molecule has 0 saturated carbocycles. The van der Waals surface area contributed by atoms with Gasteiger partial charge < -0.3 is 15.4 Å². The minimum Gasteiger partial charge on any atom is -0.489 e. The molecule has 0 spiro atoms. The first-order valence-corrected chi connectivity index (χ1v) is 8.29. The number of aromatic nitrogens is 1. The fraction of sp³-hybridized carbons (Fsp3) is 0.368. The number of nitrogens with zero attached hydrogens (tertiary/aromatic N) is 1. The molecule has 0 fully saturated rings. The summed E-state index contributed by atoms with van der Waals surface area (Å²) < 4.78 is 5.79. The summed E-state index contributed by atoms with van der Waals surface area (Å²) in [4.78, 5) is 16.5. The van der Waals surface area contributed by atoms with Gasteiger partial charge in [0.05, 0.1) is 11.8 Å². The monoisotopic (exact) mass is 327 g/mol. The van der Waals surface area contributed by atoms with Crippen molar-refractivity contribution in [2.24, 2.45) is 0 Å². The zero-order valence-corrected chi connectivity index (χ0v) is 14.7. The Hall–Kier alpha value is -2.56. The van der Waals surface area contributed by atoms with Crippen LogP contribution >= 0.6 is 0 Å². The Labute approximate surface area is 143 Å². The van der Waals surface area contributed by atoms with Gasteiger partial charge in [-0.25, -0.2) is 4.98 Å². The Bertz CT molecular complexity index is 686. The van der Waals surface area contributed by atoms with Crippen LogP contribution in [0.4, 0.5) is 11.5 Å². The van der Waals surface area contributed by atoms with Gasteiger partial charge in [0.1, 0.15) is 11.6 Å². The van der Waals surface area contributed by atoms with Gasteiger partial charge >= 0.3 is 0 Å². The van der Waals surface area contributed by atoms with Gasteiger partial charge in [0, 0.05) is 17.8 Å². The lowest BCUT2D eigenvalue weighted by Crippen LogP contribution is -2.31. The van der Waals surface area contributed by atoms with E-state index >= 15 is 0 Å². The second-order valence-electron chi connectivity index (χ2n) is 6.00. The van der Waals surface area contributed by atoms with Gasteiger partial charge in [-0.05, 0) is 51.5 Å². The fourth-order valence-electron chi connectivity index (χ4n) is 2.11. The van der Waals surface area contributed by atoms with Crippen molar-refractivity contribution < 1.29 is 9.53 Å². The highest BCUT2D eigenvalue weighted by Gasteiger charge is 2.11. The van der Waals surface area contributed by atoms with Crippen LogP contribution < -0.4 is 15.4 Å². The summed E-state index contributed by atoms with van der Waals surface area (Å²) >= 11 is 0. The second-order valence-corrected chi connectivity index (χ2v) is 6.00. The first-order valence-electron chi connectivity index (χ1n) is 8.29. The Morgan fingerprint density at radius 1 is 1.21 bits per heavy atom. The van der Waals surface area contributed by atoms with Crippen LogP contribution in [0, 0.1) is 0 Å². The maximum atomic E-state index is 12.2. The quantitative estimate of drug-likeness (QED) is 0.802. The van der Waals surface area contributed by atoms with Crippen molar-refractivity contribution in [3.63, 3.8) is 0 Å². The Balaban J connectivity index is 2.17. The molecule has 0 aliphatic rings. The molecule has 2 rings (SSSR count). The van der Waals surface area contributed by atoms with Crippen molar-refractivity contribution in [2.45, 2.75) is 46.3 Å². The van der Waals surface area contributed by atoms with Crippen LogP contribution in [0.5, 0.6) is 5.75 Å². The maximum absolute atomic E-state index is 12.2. The molecule has 2 aromatic rings. The smallest absolute Gasteiger partial charge is 0.251 e. The molecule has 1 unspecified atom stereocenters. The van der Waals surface area contributed by atoms with E-state index in [9.17, 15) is 4.79 Å². The molecule has 0 saturated heterocycles.